The molecule has 4 heterocycles. The minimum absolute atomic E-state index is 0.107. The number of halogens is 2. The van der Waals surface area contributed by atoms with Crippen molar-refractivity contribution in [3.63, 3.8) is 0 Å². The van der Waals surface area contributed by atoms with Crippen LogP contribution in [-0.2, 0) is 13.0 Å². The van der Waals surface area contributed by atoms with E-state index in [0.717, 1.165) is 5.56 Å². The molecule has 0 aliphatic carbocycles. The molecule has 39 heavy (non-hydrogen) atoms. The smallest absolute Gasteiger partial charge is 0.497 e. The van der Waals surface area contributed by atoms with Crippen LogP contribution in [0.1, 0.15) is 25.2 Å². The van der Waals surface area contributed by atoms with E-state index in [9.17, 15) is 13.9 Å². The summed E-state index contributed by atoms with van der Waals surface area (Å²) in [7, 11) is 3.14. The second-order valence-corrected chi connectivity index (χ2v) is 10.2. The number of rotatable bonds is 8. The number of hydrogen-bond donors (Lipinski definition) is 2. The maximum absolute atomic E-state index is 14.0. The third-order valence-corrected chi connectivity index (χ3v) is 7.10. The number of nitrogens with zero attached hydrogens (tertiary/aromatic N) is 5. The van der Waals surface area contributed by atoms with Gasteiger partial charge >= 0.3 is 6.29 Å². The van der Waals surface area contributed by atoms with E-state index < -0.39 is 6.29 Å². The maximum Gasteiger partial charge on any atom is 0.586 e. The van der Waals surface area contributed by atoms with Crippen molar-refractivity contribution < 1.29 is 32.8 Å². The van der Waals surface area contributed by atoms with Crippen LogP contribution in [0.15, 0.2) is 30.3 Å². The Morgan fingerprint density at radius 2 is 1.92 bits per heavy atom. The fraction of sp³-hybridized carbons (Fsp3) is 0.423. The highest BCUT2D eigenvalue weighted by Gasteiger charge is 2.45. The molecular weight excluding hydrogens is 514 g/mol. The fourth-order valence-corrected chi connectivity index (χ4v) is 4.93. The third kappa shape index (κ3) is 4.51. The Labute approximate surface area is 222 Å². The average molecular weight is 543 g/mol. The summed E-state index contributed by atoms with van der Waals surface area (Å²) in [4.78, 5) is 11.6. The van der Waals surface area contributed by atoms with Gasteiger partial charge < -0.3 is 29.4 Å². The van der Waals surface area contributed by atoms with Crippen molar-refractivity contribution >= 4 is 22.5 Å². The number of β-amino-alcohol motifs (C(OH)–C–C–N with tert-alkyl or cyclic N) is 1. The molecule has 0 amide bonds. The van der Waals surface area contributed by atoms with E-state index >= 15 is 0 Å². The van der Waals surface area contributed by atoms with Crippen LogP contribution in [0, 0.1) is 0 Å². The minimum atomic E-state index is -3.79. The Balaban J connectivity index is 1.42. The van der Waals surface area contributed by atoms with Crippen molar-refractivity contribution in [2.75, 3.05) is 32.6 Å². The molecule has 2 aromatic heterocycles. The number of aromatic nitrogens is 4. The molecule has 2 aromatic carbocycles. The average Bonchev–Trinajstić information content (AvgIpc) is 3.44. The number of methoxy groups -OCH3 is 2. The van der Waals surface area contributed by atoms with Gasteiger partial charge in [0, 0.05) is 48.6 Å². The number of benzene rings is 2. The lowest BCUT2D eigenvalue weighted by atomic mass is 9.93. The van der Waals surface area contributed by atoms with Crippen LogP contribution in [0.4, 0.5) is 14.7 Å². The van der Waals surface area contributed by atoms with Crippen molar-refractivity contribution in [3.8, 4) is 23.0 Å². The molecule has 13 heteroatoms. The number of likely N-dealkylation sites (tertiary alicyclic amines) is 1. The maximum atomic E-state index is 14.0. The topological polar surface area (TPSA) is 116 Å². The summed E-state index contributed by atoms with van der Waals surface area (Å²) in [5.41, 5.74) is 1.11. The standard InChI is InChI=1S/C26H28F2N6O5/c1-25(2,33-12-15(35)13-33)10-20-30-23-17-7-8-18-22(39-26(27,28)38-18)21(17)31-24(34(23)32-20)29-11-14-5-6-16(36-3)9-19(14)37-4/h5-9,15,35H,10-13H2,1-4H3,(H,29,31). The van der Waals surface area contributed by atoms with E-state index in [1.807, 2.05) is 12.1 Å². The summed E-state index contributed by atoms with van der Waals surface area (Å²) >= 11 is 0. The Kier molecular flexibility index (Phi) is 5.88. The summed E-state index contributed by atoms with van der Waals surface area (Å²) in [5.74, 6) is 1.80. The van der Waals surface area contributed by atoms with E-state index in [4.69, 9.17) is 24.3 Å². The van der Waals surface area contributed by atoms with Crippen molar-refractivity contribution in [1.29, 1.82) is 0 Å². The van der Waals surface area contributed by atoms with Gasteiger partial charge in [0.2, 0.25) is 5.95 Å². The predicted octanol–water partition coefficient (Wildman–Crippen LogP) is 3.23. The number of hydrogen-bond acceptors (Lipinski definition) is 10. The molecule has 6 rings (SSSR count). The highest BCUT2D eigenvalue weighted by molar-refractivity contribution is 5.97. The second-order valence-electron chi connectivity index (χ2n) is 10.2. The van der Waals surface area contributed by atoms with E-state index in [1.165, 1.54) is 6.07 Å². The lowest BCUT2D eigenvalue weighted by Crippen LogP contribution is -2.60. The quantitative estimate of drug-likeness (QED) is 0.344. The van der Waals surface area contributed by atoms with Crippen molar-refractivity contribution in [2.45, 2.75) is 44.8 Å². The van der Waals surface area contributed by atoms with E-state index in [1.54, 1.807) is 30.9 Å². The highest BCUT2D eigenvalue weighted by atomic mass is 19.3. The second kappa shape index (κ2) is 9.06. The zero-order valence-corrected chi connectivity index (χ0v) is 21.9. The number of nitrogens with one attached hydrogen (secondary N) is 1. The monoisotopic (exact) mass is 542 g/mol. The van der Waals surface area contributed by atoms with Crippen LogP contribution < -0.4 is 24.3 Å². The van der Waals surface area contributed by atoms with Gasteiger partial charge in [0.1, 0.15) is 17.0 Å². The van der Waals surface area contributed by atoms with Crippen LogP contribution in [0.3, 0.4) is 0 Å². The highest BCUT2D eigenvalue weighted by Crippen LogP contribution is 2.46. The number of alkyl halides is 2. The zero-order valence-electron chi connectivity index (χ0n) is 21.9. The van der Waals surface area contributed by atoms with Crippen LogP contribution in [0.2, 0.25) is 0 Å². The molecule has 0 spiro atoms. The van der Waals surface area contributed by atoms with Gasteiger partial charge in [-0.05, 0) is 38.1 Å². The molecule has 0 unspecified atom stereocenters. The first-order valence-corrected chi connectivity index (χ1v) is 12.4. The molecule has 206 valence electrons. The summed E-state index contributed by atoms with van der Waals surface area (Å²) < 4.78 is 49.7. The van der Waals surface area contributed by atoms with Gasteiger partial charge in [0.25, 0.3) is 0 Å². The molecule has 0 saturated carbocycles. The fourth-order valence-electron chi connectivity index (χ4n) is 4.93. The van der Waals surface area contributed by atoms with Gasteiger partial charge in [-0.2, -0.15) is 4.52 Å². The number of aliphatic hydroxyl groups is 1. The predicted molar refractivity (Wildman–Crippen MR) is 137 cm³/mol. The SMILES string of the molecule is COc1ccc(CNc2nc3c4c(ccc3c3nc(CC(C)(C)N5CC(O)C5)nn23)OC(F)(F)O4)c(OC)c1. The molecule has 4 aromatic rings. The summed E-state index contributed by atoms with van der Waals surface area (Å²) in [5, 5.41) is 18.2. The van der Waals surface area contributed by atoms with Crippen LogP contribution >= 0.6 is 0 Å². The molecular formula is C26H28F2N6O5. The Hall–Kier alpha value is -3.97. The minimum Gasteiger partial charge on any atom is -0.497 e. The summed E-state index contributed by atoms with van der Waals surface area (Å²) in [6.45, 7) is 5.58. The largest absolute Gasteiger partial charge is 0.586 e. The van der Waals surface area contributed by atoms with Crippen molar-refractivity contribution in [2.24, 2.45) is 0 Å². The summed E-state index contributed by atoms with van der Waals surface area (Å²) in [6, 6.07) is 8.46. The number of ether oxygens (including phenoxy) is 4. The Bertz CT molecular complexity index is 1570. The molecule has 2 N–H and O–H groups in total. The normalized spacial score (nSPS) is 17.0. The van der Waals surface area contributed by atoms with Gasteiger partial charge in [0.05, 0.1) is 20.3 Å². The number of anilines is 1. The molecule has 2 aliphatic heterocycles. The number of fused-ring (bicyclic) bond motifs is 5. The van der Waals surface area contributed by atoms with Gasteiger partial charge in [-0.3, -0.25) is 4.90 Å². The molecule has 1 fully saturated rings. The lowest BCUT2D eigenvalue weighted by Gasteiger charge is -2.47. The Morgan fingerprint density at radius 1 is 1.13 bits per heavy atom. The first-order chi connectivity index (χ1) is 18.6. The van der Waals surface area contributed by atoms with Gasteiger partial charge in [-0.1, -0.05) is 0 Å². The Morgan fingerprint density at radius 3 is 2.64 bits per heavy atom. The molecule has 0 radical (unpaired) electrons. The first-order valence-electron chi connectivity index (χ1n) is 12.4. The zero-order chi connectivity index (χ0) is 27.5. The van der Waals surface area contributed by atoms with Crippen molar-refractivity contribution in [3.05, 3.63) is 41.7 Å². The molecule has 1 saturated heterocycles. The van der Waals surface area contributed by atoms with Gasteiger partial charge in [-0.25, -0.2) is 9.97 Å². The molecule has 0 bridgehead atoms. The van der Waals surface area contributed by atoms with Crippen LogP contribution in [0.25, 0.3) is 16.6 Å². The van der Waals surface area contributed by atoms with E-state index in [2.05, 4.69) is 33.8 Å². The van der Waals surface area contributed by atoms with Gasteiger partial charge in [-0.15, -0.1) is 13.9 Å². The van der Waals surface area contributed by atoms with Crippen LogP contribution in [0.5, 0.6) is 23.0 Å². The summed E-state index contributed by atoms with van der Waals surface area (Å²) in [6.07, 6.45) is -3.63. The van der Waals surface area contributed by atoms with E-state index in [-0.39, 0.29) is 41.2 Å². The van der Waals surface area contributed by atoms with Crippen LogP contribution in [-0.4, -0.2) is 74.8 Å². The molecule has 0 atom stereocenters. The van der Waals surface area contributed by atoms with Gasteiger partial charge in [0.15, 0.2) is 23.0 Å². The number of aliphatic hydroxyl groups excluding tert-OH is 1. The van der Waals surface area contributed by atoms with E-state index in [0.29, 0.717) is 47.9 Å². The van der Waals surface area contributed by atoms with Crippen molar-refractivity contribution in [1.82, 2.24) is 24.5 Å². The molecule has 2 aliphatic rings. The molecule has 11 nitrogen and oxygen atoms in total. The lowest BCUT2D eigenvalue weighted by molar-refractivity contribution is -0.286. The third-order valence-electron chi connectivity index (χ3n) is 7.10. The first kappa shape index (κ1) is 25.3.